The van der Waals surface area contributed by atoms with Crippen LogP contribution in [0.25, 0.3) is 0 Å². The Balaban J connectivity index is 2.59. The summed E-state index contributed by atoms with van der Waals surface area (Å²) in [5, 5.41) is 3.12. The fourth-order valence-electron chi connectivity index (χ4n) is 1.55. The van der Waals surface area contributed by atoms with E-state index in [1.165, 1.54) is 5.56 Å². The van der Waals surface area contributed by atoms with E-state index in [0.717, 1.165) is 21.2 Å². The van der Waals surface area contributed by atoms with Crippen LogP contribution in [-0.2, 0) is 11.3 Å². The first-order valence-corrected chi connectivity index (χ1v) is 7.81. The van der Waals surface area contributed by atoms with Crippen LogP contribution >= 0.6 is 31.9 Å². The lowest BCUT2D eigenvalue weighted by Gasteiger charge is -2.20. The Hall–Kier alpha value is -0.100. The summed E-state index contributed by atoms with van der Waals surface area (Å²) in [6, 6.07) is 4.11. The van der Waals surface area contributed by atoms with Crippen molar-refractivity contribution in [2.75, 3.05) is 20.3 Å². The van der Waals surface area contributed by atoms with Gasteiger partial charge in [0.05, 0.1) is 21.2 Å². The van der Waals surface area contributed by atoms with Crippen LogP contribution in [0.2, 0.25) is 0 Å². The Morgan fingerprint density at radius 2 is 1.68 bits per heavy atom. The molecule has 0 heterocycles. The maximum atomic E-state index is 5.76. The van der Waals surface area contributed by atoms with E-state index < -0.39 is 0 Å². The molecule has 0 aromatic heterocycles. The molecule has 0 amide bonds. The van der Waals surface area contributed by atoms with Crippen molar-refractivity contribution < 1.29 is 9.47 Å². The van der Waals surface area contributed by atoms with Crippen LogP contribution in [0.4, 0.5) is 0 Å². The van der Waals surface area contributed by atoms with E-state index in [1.54, 1.807) is 0 Å². The predicted molar refractivity (Wildman–Crippen MR) is 85.8 cm³/mol. The summed E-state index contributed by atoms with van der Waals surface area (Å²) in [5.74, 6) is 0.817. The second-order valence-corrected chi connectivity index (χ2v) is 6.94. The second kappa shape index (κ2) is 7.62. The average Bonchev–Trinajstić information content (AvgIpc) is 2.26. The van der Waals surface area contributed by atoms with Crippen LogP contribution in [0.5, 0.6) is 5.75 Å². The molecule has 5 heteroatoms. The fraction of sp³-hybridized carbons (Fsp3) is 0.571. The monoisotopic (exact) mass is 393 g/mol. The maximum Gasteiger partial charge on any atom is 0.147 e. The first-order valence-electron chi connectivity index (χ1n) is 6.23. The molecule has 1 aromatic rings. The van der Waals surface area contributed by atoms with Gasteiger partial charge < -0.3 is 14.8 Å². The molecular weight excluding hydrogens is 374 g/mol. The molecule has 0 aliphatic rings. The smallest absolute Gasteiger partial charge is 0.147 e. The van der Waals surface area contributed by atoms with E-state index in [0.29, 0.717) is 13.2 Å². The molecule has 0 unspecified atom stereocenters. The molecule has 0 aliphatic carbocycles. The molecule has 3 nitrogen and oxygen atoms in total. The number of hydrogen-bond donors (Lipinski definition) is 1. The van der Waals surface area contributed by atoms with Crippen LogP contribution in [-0.4, -0.2) is 25.9 Å². The molecule has 19 heavy (non-hydrogen) atoms. The number of hydrogen-bond acceptors (Lipinski definition) is 3. The number of halogens is 2. The summed E-state index contributed by atoms with van der Waals surface area (Å²) in [6.07, 6.45) is 0. The predicted octanol–water partition coefficient (Wildman–Crippen LogP) is 4.12. The van der Waals surface area contributed by atoms with Gasteiger partial charge in [-0.05, 0) is 77.4 Å². The number of rotatable bonds is 6. The third kappa shape index (κ3) is 6.25. The van der Waals surface area contributed by atoms with Crippen LogP contribution in [0.15, 0.2) is 21.1 Å². The van der Waals surface area contributed by atoms with Crippen molar-refractivity contribution in [1.29, 1.82) is 0 Å². The molecule has 108 valence electrons. The van der Waals surface area contributed by atoms with Crippen molar-refractivity contribution in [3.8, 4) is 5.75 Å². The van der Waals surface area contributed by atoms with Crippen molar-refractivity contribution in [2.24, 2.45) is 0 Å². The van der Waals surface area contributed by atoms with Gasteiger partial charge in [0.15, 0.2) is 0 Å². The normalized spacial score (nSPS) is 11.7. The van der Waals surface area contributed by atoms with Crippen molar-refractivity contribution in [3.05, 3.63) is 26.6 Å². The largest absolute Gasteiger partial charge is 0.489 e. The van der Waals surface area contributed by atoms with Crippen molar-refractivity contribution in [3.63, 3.8) is 0 Å². The summed E-state index contributed by atoms with van der Waals surface area (Å²) in [5.41, 5.74) is 1.06. The second-order valence-electron chi connectivity index (χ2n) is 5.23. The van der Waals surface area contributed by atoms with Gasteiger partial charge in [-0.15, -0.1) is 0 Å². The summed E-state index contributed by atoms with van der Waals surface area (Å²) >= 11 is 7.07. The molecule has 1 N–H and O–H groups in total. The molecule has 0 radical (unpaired) electrons. The number of benzene rings is 1. The van der Waals surface area contributed by atoms with Crippen LogP contribution in [0, 0.1) is 0 Å². The Morgan fingerprint density at radius 3 is 2.16 bits per heavy atom. The van der Waals surface area contributed by atoms with Gasteiger partial charge in [0.1, 0.15) is 12.4 Å². The average molecular weight is 395 g/mol. The van der Waals surface area contributed by atoms with Crippen LogP contribution < -0.4 is 10.1 Å². The minimum absolute atomic E-state index is 0.130. The van der Waals surface area contributed by atoms with Crippen LogP contribution in [0.3, 0.4) is 0 Å². The molecule has 0 fully saturated rings. The first-order chi connectivity index (χ1) is 8.83. The van der Waals surface area contributed by atoms with E-state index in [-0.39, 0.29) is 5.60 Å². The van der Waals surface area contributed by atoms with Crippen molar-refractivity contribution in [1.82, 2.24) is 5.32 Å². The minimum Gasteiger partial charge on any atom is -0.489 e. The summed E-state index contributed by atoms with van der Waals surface area (Å²) in [7, 11) is 1.93. The minimum atomic E-state index is -0.130. The molecule has 0 aliphatic heterocycles. The van der Waals surface area contributed by atoms with Crippen molar-refractivity contribution in [2.45, 2.75) is 32.9 Å². The third-order valence-corrected chi connectivity index (χ3v) is 3.48. The van der Waals surface area contributed by atoms with Crippen LogP contribution in [0.1, 0.15) is 26.3 Å². The fourth-order valence-corrected chi connectivity index (χ4v) is 3.06. The molecule has 0 bridgehead atoms. The van der Waals surface area contributed by atoms with Gasteiger partial charge >= 0.3 is 0 Å². The molecule has 0 atom stereocenters. The van der Waals surface area contributed by atoms with Gasteiger partial charge in [-0.1, -0.05) is 0 Å². The van der Waals surface area contributed by atoms with Crippen molar-refractivity contribution >= 4 is 31.9 Å². The van der Waals surface area contributed by atoms with E-state index in [9.17, 15) is 0 Å². The first kappa shape index (κ1) is 17.0. The number of nitrogens with one attached hydrogen (secondary N) is 1. The van der Waals surface area contributed by atoms with E-state index in [2.05, 4.69) is 49.3 Å². The lowest BCUT2D eigenvalue weighted by molar-refractivity contribution is -0.0164. The van der Waals surface area contributed by atoms with E-state index in [4.69, 9.17) is 9.47 Å². The highest BCUT2D eigenvalue weighted by Gasteiger charge is 2.11. The highest BCUT2D eigenvalue weighted by atomic mass is 79.9. The van der Waals surface area contributed by atoms with Gasteiger partial charge in [0.25, 0.3) is 0 Å². The number of ether oxygens (including phenoxy) is 2. The SMILES string of the molecule is CNCc1cc(Br)c(OCCOC(C)(C)C)c(Br)c1. The zero-order valence-corrected chi connectivity index (χ0v) is 15.0. The zero-order chi connectivity index (χ0) is 14.5. The molecular formula is C14H21Br2NO2. The van der Waals surface area contributed by atoms with Gasteiger partial charge in [-0.2, -0.15) is 0 Å². The highest BCUT2D eigenvalue weighted by molar-refractivity contribution is 9.11. The third-order valence-electron chi connectivity index (χ3n) is 2.30. The maximum absolute atomic E-state index is 5.76. The zero-order valence-electron chi connectivity index (χ0n) is 11.8. The lowest BCUT2D eigenvalue weighted by Crippen LogP contribution is -2.22. The van der Waals surface area contributed by atoms with Gasteiger partial charge in [-0.25, -0.2) is 0 Å². The lowest BCUT2D eigenvalue weighted by atomic mass is 10.2. The molecule has 1 aromatic carbocycles. The van der Waals surface area contributed by atoms with E-state index >= 15 is 0 Å². The Labute approximate surface area is 132 Å². The Bertz CT molecular complexity index is 393. The van der Waals surface area contributed by atoms with Gasteiger partial charge in [0, 0.05) is 6.54 Å². The van der Waals surface area contributed by atoms with E-state index in [1.807, 2.05) is 27.8 Å². The Kier molecular flexibility index (Phi) is 6.80. The quantitative estimate of drug-likeness (QED) is 0.736. The summed E-state index contributed by atoms with van der Waals surface area (Å²) in [4.78, 5) is 0. The van der Waals surface area contributed by atoms with Gasteiger partial charge in [-0.3, -0.25) is 0 Å². The molecule has 0 saturated heterocycles. The molecule has 0 saturated carbocycles. The Morgan fingerprint density at radius 1 is 1.11 bits per heavy atom. The summed E-state index contributed by atoms with van der Waals surface area (Å²) in [6.45, 7) is 8.02. The molecule has 1 rings (SSSR count). The van der Waals surface area contributed by atoms with Gasteiger partial charge in [0.2, 0.25) is 0 Å². The summed E-state index contributed by atoms with van der Waals surface area (Å²) < 4.78 is 13.3. The molecule has 0 spiro atoms. The highest BCUT2D eigenvalue weighted by Crippen LogP contribution is 2.34. The standard InChI is InChI=1S/C14H21Br2NO2/c1-14(2,3)19-6-5-18-13-11(15)7-10(9-17-4)8-12(13)16/h7-8,17H,5-6,9H2,1-4H3. The topological polar surface area (TPSA) is 30.5 Å².